The number of nitrogens with zero attached hydrogens (tertiary/aromatic N) is 2. The van der Waals surface area contributed by atoms with Gasteiger partial charge < -0.3 is 10.6 Å². The first-order chi connectivity index (χ1) is 8.81. The molecule has 1 rings (SSSR count). The van der Waals surface area contributed by atoms with E-state index in [1.807, 2.05) is 27.7 Å². The van der Waals surface area contributed by atoms with Crippen molar-refractivity contribution in [3.8, 4) is 0 Å². The van der Waals surface area contributed by atoms with Gasteiger partial charge in [0.1, 0.15) is 16.8 Å². The third kappa shape index (κ3) is 3.80. The van der Waals surface area contributed by atoms with Crippen LogP contribution in [0.2, 0.25) is 5.15 Å². The number of aromatic nitrogens is 2. The van der Waals surface area contributed by atoms with Crippen molar-refractivity contribution in [3.63, 3.8) is 0 Å². The molecule has 6 heteroatoms. The van der Waals surface area contributed by atoms with Crippen molar-refractivity contribution in [1.29, 1.82) is 0 Å². The number of aryl methyl sites for hydroxylation is 1. The highest BCUT2D eigenvalue weighted by Gasteiger charge is 2.26. The van der Waals surface area contributed by atoms with Gasteiger partial charge in [-0.3, -0.25) is 4.79 Å². The molecule has 0 atom stereocenters. The Bertz CT molecular complexity index is 474. The molecule has 5 nitrogen and oxygen atoms in total. The Morgan fingerprint density at radius 3 is 2.53 bits per heavy atom. The molecule has 19 heavy (non-hydrogen) atoms. The van der Waals surface area contributed by atoms with Gasteiger partial charge in [-0.15, -0.1) is 0 Å². The van der Waals surface area contributed by atoms with Gasteiger partial charge >= 0.3 is 0 Å². The van der Waals surface area contributed by atoms with Crippen LogP contribution in [-0.4, -0.2) is 29.5 Å². The highest BCUT2D eigenvalue weighted by Crippen LogP contribution is 2.22. The summed E-state index contributed by atoms with van der Waals surface area (Å²) < 4.78 is 0. The quantitative estimate of drug-likeness (QED) is 0.814. The SMILES string of the molecule is CCc1nc(Cl)c(C)c(NCC(C)(C)C(=O)NC)n1. The summed E-state index contributed by atoms with van der Waals surface area (Å²) in [7, 11) is 1.63. The van der Waals surface area contributed by atoms with E-state index < -0.39 is 5.41 Å². The fourth-order valence-electron chi connectivity index (χ4n) is 1.59. The molecule has 0 fully saturated rings. The van der Waals surface area contributed by atoms with Crippen molar-refractivity contribution in [2.75, 3.05) is 18.9 Å². The normalized spacial score (nSPS) is 11.3. The van der Waals surface area contributed by atoms with Gasteiger partial charge in [0.05, 0.1) is 5.41 Å². The molecule has 1 amide bonds. The van der Waals surface area contributed by atoms with Crippen molar-refractivity contribution < 1.29 is 4.79 Å². The molecule has 1 aromatic rings. The average Bonchev–Trinajstić information content (AvgIpc) is 2.39. The first-order valence-corrected chi connectivity index (χ1v) is 6.68. The zero-order chi connectivity index (χ0) is 14.6. The monoisotopic (exact) mass is 284 g/mol. The molecular formula is C13H21ClN4O. The minimum Gasteiger partial charge on any atom is -0.369 e. The molecule has 0 bridgehead atoms. The fourth-order valence-corrected chi connectivity index (χ4v) is 1.77. The molecular weight excluding hydrogens is 264 g/mol. The molecule has 1 aromatic heterocycles. The molecule has 0 aromatic carbocycles. The van der Waals surface area contributed by atoms with Gasteiger partial charge in [0, 0.05) is 25.6 Å². The van der Waals surface area contributed by atoms with E-state index in [2.05, 4.69) is 20.6 Å². The predicted molar refractivity (Wildman–Crippen MR) is 77.5 cm³/mol. The second-order valence-corrected chi connectivity index (χ2v) is 5.43. The molecule has 0 radical (unpaired) electrons. The van der Waals surface area contributed by atoms with Gasteiger partial charge in [-0.2, -0.15) is 0 Å². The van der Waals surface area contributed by atoms with Crippen LogP contribution in [0.5, 0.6) is 0 Å². The molecule has 2 N–H and O–H groups in total. The van der Waals surface area contributed by atoms with Gasteiger partial charge in [0.15, 0.2) is 0 Å². The third-order valence-corrected chi connectivity index (χ3v) is 3.36. The predicted octanol–water partition coefficient (Wildman–Crippen LogP) is 2.18. The van der Waals surface area contributed by atoms with E-state index >= 15 is 0 Å². The van der Waals surface area contributed by atoms with E-state index in [-0.39, 0.29) is 5.91 Å². The van der Waals surface area contributed by atoms with E-state index in [9.17, 15) is 4.79 Å². The van der Waals surface area contributed by atoms with Crippen LogP contribution in [0.25, 0.3) is 0 Å². The second-order valence-electron chi connectivity index (χ2n) is 5.07. The Labute approximate surface area is 119 Å². The Morgan fingerprint density at radius 2 is 2.00 bits per heavy atom. The number of carbonyl (C=O) groups is 1. The van der Waals surface area contributed by atoms with Gasteiger partial charge in [-0.05, 0) is 20.8 Å². The lowest BCUT2D eigenvalue weighted by Crippen LogP contribution is -2.39. The Morgan fingerprint density at radius 1 is 1.37 bits per heavy atom. The second kappa shape index (κ2) is 6.19. The highest BCUT2D eigenvalue weighted by molar-refractivity contribution is 6.30. The number of nitrogens with one attached hydrogen (secondary N) is 2. The molecule has 1 heterocycles. The summed E-state index contributed by atoms with van der Waals surface area (Å²) in [5.41, 5.74) is 0.275. The molecule has 0 saturated heterocycles. The van der Waals surface area contributed by atoms with Crippen molar-refractivity contribution in [1.82, 2.24) is 15.3 Å². The van der Waals surface area contributed by atoms with Crippen LogP contribution in [-0.2, 0) is 11.2 Å². The molecule has 106 valence electrons. The number of hydrogen-bond donors (Lipinski definition) is 2. The maximum atomic E-state index is 11.7. The van der Waals surface area contributed by atoms with Crippen LogP contribution in [0.1, 0.15) is 32.2 Å². The van der Waals surface area contributed by atoms with Crippen LogP contribution in [0.3, 0.4) is 0 Å². The zero-order valence-corrected chi connectivity index (χ0v) is 12.9. The molecule has 0 aliphatic rings. The van der Waals surface area contributed by atoms with Crippen molar-refractivity contribution in [3.05, 3.63) is 16.5 Å². The summed E-state index contributed by atoms with van der Waals surface area (Å²) in [5.74, 6) is 1.36. The first-order valence-electron chi connectivity index (χ1n) is 6.31. The Balaban J connectivity index is 2.89. The molecule has 0 unspecified atom stereocenters. The summed E-state index contributed by atoms with van der Waals surface area (Å²) in [4.78, 5) is 20.3. The minimum atomic E-state index is -0.523. The van der Waals surface area contributed by atoms with Gasteiger partial charge in [0.2, 0.25) is 5.91 Å². The lowest BCUT2D eigenvalue weighted by atomic mass is 9.92. The van der Waals surface area contributed by atoms with Gasteiger partial charge in [-0.1, -0.05) is 18.5 Å². The van der Waals surface area contributed by atoms with Crippen LogP contribution >= 0.6 is 11.6 Å². The Kier molecular flexibility index (Phi) is 5.11. The maximum absolute atomic E-state index is 11.7. The van der Waals surface area contributed by atoms with Crippen molar-refractivity contribution >= 4 is 23.3 Å². The van der Waals surface area contributed by atoms with Crippen LogP contribution in [0, 0.1) is 12.3 Å². The van der Waals surface area contributed by atoms with Crippen LogP contribution < -0.4 is 10.6 Å². The average molecular weight is 285 g/mol. The van der Waals surface area contributed by atoms with E-state index in [0.29, 0.717) is 29.8 Å². The number of anilines is 1. The third-order valence-electron chi connectivity index (χ3n) is 2.99. The standard InChI is InChI=1S/C13H21ClN4O/c1-6-9-17-10(14)8(2)11(18-9)16-7-13(3,4)12(19)15-5/h6-7H2,1-5H3,(H,15,19)(H,16,17,18). The molecule has 0 aliphatic heterocycles. The van der Waals surface area contributed by atoms with E-state index in [1.54, 1.807) is 7.05 Å². The largest absolute Gasteiger partial charge is 0.369 e. The maximum Gasteiger partial charge on any atom is 0.227 e. The molecule has 0 aliphatic carbocycles. The smallest absolute Gasteiger partial charge is 0.227 e. The number of carbonyl (C=O) groups excluding carboxylic acids is 1. The number of amides is 1. The summed E-state index contributed by atoms with van der Waals surface area (Å²) in [5, 5.41) is 6.29. The van der Waals surface area contributed by atoms with Crippen molar-refractivity contribution in [2.24, 2.45) is 5.41 Å². The lowest BCUT2D eigenvalue weighted by Gasteiger charge is -2.23. The summed E-state index contributed by atoms with van der Waals surface area (Å²) in [6, 6.07) is 0. The summed E-state index contributed by atoms with van der Waals surface area (Å²) >= 11 is 6.07. The summed E-state index contributed by atoms with van der Waals surface area (Å²) in [6.07, 6.45) is 0.716. The molecule has 0 saturated carbocycles. The number of halogens is 1. The zero-order valence-electron chi connectivity index (χ0n) is 12.1. The van der Waals surface area contributed by atoms with Crippen LogP contribution in [0.15, 0.2) is 0 Å². The van der Waals surface area contributed by atoms with E-state index in [4.69, 9.17) is 11.6 Å². The number of rotatable bonds is 5. The van der Waals surface area contributed by atoms with E-state index in [1.165, 1.54) is 0 Å². The van der Waals surface area contributed by atoms with Crippen molar-refractivity contribution in [2.45, 2.75) is 34.1 Å². The summed E-state index contributed by atoms with van der Waals surface area (Å²) in [6.45, 7) is 8.05. The fraction of sp³-hybridized carbons (Fsp3) is 0.615. The minimum absolute atomic E-state index is 0.0199. The Hall–Kier alpha value is -1.36. The lowest BCUT2D eigenvalue weighted by molar-refractivity contribution is -0.128. The first kappa shape index (κ1) is 15.7. The van der Waals surface area contributed by atoms with Gasteiger partial charge in [0.25, 0.3) is 0 Å². The topological polar surface area (TPSA) is 66.9 Å². The van der Waals surface area contributed by atoms with E-state index in [0.717, 1.165) is 5.56 Å². The van der Waals surface area contributed by atoms with Crippen LogP contribution in [0.4, 0.5) is 5.82 Å². The molecule has 0 spiro atoms. The number of hydrogen-bond acceptors (Lipinski definition) is 4. The van der Waals surface area contributed by atoms with Gasteiger partial charge in [-0.25, -0.2) is 9.97 Å². The highest BCUT2D eigenvalue weighted by atomic mass is 35.5.